The minimum absolute atomic E-state index is 0.0922. The largest absolute Gasteiger partial charge is 0.415 e. The second kappa shape index (κ2) is 7.17. The molecule has 2 aromatic rings. The third kappa shape index (κ3) is 4.41. The molecule has 0 spiro atoms. The number of benzene rings is 1. The Morgan fingerprint density at radius 2 is 1.96 bits per heavy atom. The van der Waals surface area contributed by atoms with Gasteiger partial charge in [0.2, 0.25) is 0 Å². The van der Waals surface area contributed by atoms with E-state index in [1.165, 1.54) is 5.56 Å². The van der Waals surface area contributed by atoms with Crippen molar-refractivity contribution in [2.24, 2.45) is 0 Å². The highest BCUT2D eigenvalue weighted by molar-refractivity contribution is 5.35. The summed E-state index contributed by atoms with van der Waals surface area (Å²) in [5.41, 5.74) is 3.07. The van der Waals surface area contributed by atoms with Gasteiger partial charge in [0, 0.05) is 31.4 Å². The maximum absolute atomic E-state index is 12.8. The van der Waals surface area contributed by atoms with Gasteiger partial charge in [0.15, 0.2) is 6.10 Å². The van der Waals surface area contributed by atoms with Gasteiger partial charge in [0.25, 0.3) is 0 Å². The summed E-state index contributed by atoms with van der Waals surface area (Å²) in [7, 11) is 0. The van der Waals surface area contributed by atoms with Crippen LogP contribution in [-0.4, -0.2) is 46.7 Å². The zero-order chi connectivity index (χ0) is 18.0. The number of aromatic nitrogens is 2. The smallest absolute Gasteiger partial charge is 0.366 e. The van der Waals surface area contributed by atoms with E-state index in [-0.39, 0.29) is 13.2 Å². The summed E-state index contributed by atoms with van der Waals surface area (Å²) in [5, 5.41) is 4.33. The molecule has 0 bridgehead atoms. The second-order valence-electron chi connectivity index (χ2n) is 6.68. The lowest BCUT2D eigenvalue weighted by atomic mass is 10.0. The van der Waals surface area contributed by atoms with Crippen molar-refractivity contribution in [3.8, 4) is 5.69 Å². The first-order valence-electron chi connectivity index (χ1n) is 8.37. The first kappa shape index (κ1) is 17.9. The molecule has 136 valence electrons. The van der Waals surface area contributed by atoms with Gasteiger partial charge in [0.1, 0.15) is 0 Å². The van der Waals surface area contributed by atoms with Crippen LogP contribution in [0.2, 0.25) is 0 Å². The fourth-order valence-corrected chi connectivity index (χ4v) is 2.90. The molecule has 3 rings (SSSR count). The Balaban J connectivity index is 1.65. The molecular weight excluding hydrogens is 331 g/mol. The summed E-state index contributed by atoms with van der Waals surface area (Å²) in [5.74, 6) is 0.463. The molecule has 1 aromatic carbocycles. The molecule has 0 unspecified atom stereocenters. The highest BCUT2D eigenvalue weighted by atomic mass is 19.4. The fourth-order valence-electron chi connectivity index (χ4n) is 2.90. The van der Waals surface area contributed by atoms with Crippen molar-refractivity contribution < 1.29 is 17.9 Å². The van der Waals surface area contributed by atoms with E-state index in [4.69, 9.17) is 4.74 Å². The van der Waals surface area contributed by atoms with Gasteiger partial charge >= 0.3 is 6.18 Å². The summed E-state index contributed by atoms with van der Waals surface area (Å²) in [4.78, 5) is 1.75. The molecule has 1 aliphatic heterocycles. The van der Waals surface area contributed by atoms with Gasteiger partial charge in [-0.2, -0.15) is 18.3 Å². The van der Waals surface area contributed by atoms with Gasteiger partial charge in [-0.1, -0.05) is 26.0 Å². The lowest BCUT2D eigenvalue weighted by Crippen LogP contribution is -2.48. The van der Waals surface area contributed by atoms with Crippen molar-refractivity contribution >= 4 is 0 Å². The third-order valence-electron chi connectivity index (χ3n) is 4.38. The van der Waals surface area contributed by atoms with Crippen LogP contribution in [0.5, 0.6) is 0 Å². The van der Waals surface area contributed by atoms with E-state index in [2.05, 4.69) is 31.1 Å². The summed E-state index contributed by atoms with van der Waals surface area (Å²) in [6.45, 7) is 5.14. The van der Waals surface area contributed by atoms with Gasteiger partial charge in [-0.05, 0) is 23.6 Å². The molecule has 0 N–H and O–H groups in total. The Morgan fingerprint density at radius 1 is 1.24 bits per heavy atom. The summed E-state index contributed by atoms with van der Waals surface area (Å²) < 4.78 is 45.0. The van der Waals surface area contributed by atoms with Gasteiger partial charge in [-0.3, -0.25) is 4.90 Å². The summed E-state index contributed by atoms with van der Waals surface area (Å²) in [6, 6.07) is 8.13. The number of morpholine rings is 1. The molecule has 7 heteroatoms. The van der Waals surface area contributed by atoms with Crippen LogP contribution in [-0.2, 0) is 11.3 Å². The third-order valence-corrected chi connectivity index (χ3v) is 4.38. The standard InChI is InChI=1S/C18H22F3N3O/c1-13(2)15-3-5-16(6-4-15)24-11-14(9-22-24)10-23-7-8-25-17(12-23)18(19,20)21/h3-6,9,11,13,17H,7-8,10,12H2,1-2H3/t17-/m0/s1. The van der Waals surface area contributed by atoms with E-state index in [9.17, 15) is 13.2 Å². The van der Waals surface area contributed by atoms with E-state index in [0.717, 1.165) is 11.3 Å². The molecule has 2 heterocycles. The second-order valence-corrected chi connectivity index (χ2v) is 6.68. The highest BCUT2D eigenvalue weighted by Crippen LogP contribution is 2.26. The molecule has 1 fully saturated rings. The lowest BCUT2D eigenvalue weighted by molar-refractivity contribution is -0.237. The van der Waals surface area contributed by atoms with Gasteiger partial charge in [0.05, 0.1) is 18.5 Å². The Kier molecular flexibility index (Phi) is 5.15. The van der Waals surface area contributed by atoms with Crippen molar-refractivity contribution in [3.05, 3.63) is 47.8 Å². The van der Waals surface area contributed by atoms with E-state index in [1.807, 2.05) is 18.3 Å². The Morgan fingerprint density at radius 3 is 2.60 bits per heavy atom. The van der Waals surface area contributed by atoms with Crippen molar-refractivity contribution in [3.63, 3.8) is 0 Å². The van der Waals surface area contributed by atoms with Crippen LogP contribution in [0.25, 0.3) is 5.69 Å². The van der Waals surface area contributed by atoms with Gasteiger partial charge in [-0.15, -0.1) is 0 Å². The number of alkyl halides is 3. The molecule has 1 aromatic heterocycles. The van der Waals surface area contributed by atoms with Crippen LogP contribution in [0.4, 0.5) is 13.2 Å². The van der Waals surface area contributed by atoms with E-state index >= 15 is 0 Å². The monoisotopic (exact) mass is 353 g/mol. The average Bonchev–Trinajstić information content (AvgIpc) is 3.03. The molecule has 1 atom stereocenters. The summed E-state index contributed by atoms with van der Waals surface area (Å²) in [6.07, 6.45) is -2.46. The van der Waals surface area contributed by atoms with Crippen LogP contribution in [0.3, 0.4) is 0 Å². The minimum atomic E-state index is -4.32. The topological polar surface area (TPSA) is 30.3 Å². The van der Waals surface area contributed by atoms with E-state index in [0.29, 0.717) is 19.0 Å². The minimum Gasteiger partial charge on any atom is -0.366 e. The molecule has 0 amide bonds. The predicted octanol–water partition coefficient (Wildman–Crippen LogP) is 3.76. The highest BCUT2D eigenvalue weighted by Gasteiger charge is 2.43. The number of hydrogen-bond acceptors (Lipinski definition) is 3. The summed E-state index contributed by atoms with van der Waals surface area (Å²) >= 11 is 0. The van der Waals surface area contributed by atoms with Gasteiger partial charge in [-0.25, -0.2) is 4.68 Å². The van der Waals surface area contributed by atoms with Gasteiger partial charge < -0.3 is 4.74 Å². The van der Waals surface area contributed by atoms with E-state index in [1.54, 1.807) is 15.8 Å². The van der Waals surface area contributed by atoms with Crippen molar-refractivity contribution in [2.75, 3.05) is 19.7 Å². The maximum Gasteiger partial charge on any atom is 0.415 e. The van der Waals surface area contributed by atoms with Crippen LogP contribution in [0, 0.1) is 0 Å². The molecule has 0 radical (unpaired) electrons. The Hall–Kier alpha value is -1.86. The van der Waals surface area contributed by atoms with Crippen molar-refractivity contribution in [1.29, 1.82) is 0 Å². The molecule has 0 saturated carbocycles. The number of hydrogen-bond donors (Lipinski definition) is 0. The van der Waals surface area contributed by atoms with Crippen molar-refractivity contribution in [2.45, 2.75) is 38.6 Å². The van der Waals surface area contributed by atoms with Crippen LogP contribution < -0.4 is 0 Å². The molecule has 25 heavy (non-hydrogen) atoms. The number of ether oxygens (including phenoxy) is 1. The zero-order valence-electron chi connectivity index (χ0n) is 14.3. The fraction of sp³-hybridized carbons (Fsp3) is 0.500. The predicted molar refractivity (Wildman–Crippen MR) is 88.7 cm³/mol. The number of halogens is 3. The molecule has 1 aliphatic rings. The normalized spacial score (nSPS) is 19.5. The maximum atomic E-state index is 12.8. The molecule has 1 saturated heterocycles. The SMILES string of the molecule is CC(C)c1ccc(-n2cc(CN3CCO[C@H](C(F)(F)F)C3)cn2)cc1. The first-order chi connectivity index (χ1) is 11.8. The van der Waals surface area contributed by atoms with Crippen LogP contribution >= 0.6 is 0 Å². The average molecular weight is 353 g/mol. The lowest BCUT2D eigenvalue weighted by Gasteiger charge is -2.33. The Labute approximate surface area is 145 Å². The van der Waals surface area contributed by atoms with E-state index < -0.39 is 12.3 Å². The van der Waals surface area contributed by atoms with Crippen molar-refractivity contribution in [1.82, 2.24) is 14.7 Å². The van der Waals surface area contributed by atoms with Crippen LogP contribution in [0.1, 0.15) is 30.9 Å². The molecular formula is C18H22F3N3O. The van der Waals surface area contributed by atoms with Crippen LogP contribution in [0.15, 0.2) is 36.7 Å². The zero-order valence-corrected chi connectivity index (χ0v) is 14.3. The quantitative estimate of drug-likeness (QED) is 0.838. The Bertz CT molecular complexity index is 694. The molecule has 0 aliphatic carbocycles. The number of rotatable bonds is 4. The molecule has 4 nitrogen and oxygen atoms in total. The number of nitrogens with zero attached hydrogens (tertiary/aromatic N) is 3. The first-order valence-corrected chi connectivity index (χ1v) is 8.37.